The molecule has 0 rings (SSSR count). The highest BCUT2D eigenvalue weighted by molar-refractivity contribution is 5.77. The van der Waals surface area contributed by atoms with Crippen LogP contribution in [0.15, 0.2) is 0 Å². The van der Waals surface area contributed by atoms with Crippen molar-refractivity contribution in [2.24, 2.45) is 0 Å². The normalized spacial score (nSPS) is 11.3. The lowest BCUT2D eigenvalue weighted by Crippen LogP contribution is -2.31. The Morgan fingerprint density at radius 2 is 2.00 bits per heavy atom. The fourth-order valence-electron chi connectivity index (χ4n) is 0.399. The second-order valence-electron chi connectivity index (χ2n) is 3.06. The molecule has 71 valence electrons. The summed E-state index contributed by atoms with van der Waals surface area (Å²) in [4.78, 5) is 19.5. The Morgan fingerprint density at radius 1 is 1.42 bits per heavy atom. The van der Waals surface area contributed by atoms with E-state index in [-0.39, 0.29) is 0 Å². The molecule has 0 N–H and O–H groups in total. The highest BCUT2D eigenvalue weighted by atomic mass is 17.2. The van der Waals surface area contributed by atoms with Gasteiger partial charge in [0.1, 0.15) is 0 Å². The predicted molar refractivity (Wildman–Crippen MR) is 41.7 cm³/mol. The van der Waals surface area contributed by atoms with E-state index in [1.54, 1.807) is 0 Å². The lowest BCUT2D eigenvalue weighted by Gasteiger charge is -2.10. The molecule has 0 aromatic carbocycles. The van der Waals surface area contributed by atoms with E-state index in [1.165, 1.54) is 13.8 Å². The van der Waals surface area contributed by atoms with E-state index in [1.807, 2.05) is 6.92 Å². The first kappa shape index (κ1) is 11.4. The van der Waals surface area contributed by atoms with Crippen LogP contribution >= 0.6 is 0 Å². The smallest absolute Gasteiger partial charge is 0.295 e. The Balaban J connectivity index is 3.45. The van der Waals surface area contributed by atoms with Crippen LogP contribution in [0.3, 0.4) is 0 Å². The molecule has 0 aromatic heterocycles. The molecule has 0 aliphatic carbocycles. The first-order valence-corrected chi connectivity index (χ1v) is 4.02. The highest BCUT2D eigenvalue weighted by Gasteiger charge is 2.29. The Bertz CT molecular complexity index is 136. The summed E-state index contributed by atoms with van der Waals surface area (Å²) in [6.45, 7) is 4.80. The van der Waals surface area contributed by atoms with Crippen molar-refractivity contribution in [2.45, 2.75) is 39.2 Å². The third-order valence-electron chi connectivity index (χ3n) is 1.21. The van der Waals surface area contributed by atoms with Crippen molar-refractivity contribution in [1.82, 2.24) is 0 Å². The molecular weight excluding hydrogens is 160 g/mol. The number of unbranched alkanes of at least 4 members (excludes halogenated alkanes) is 1. The topological polar surface area (TPSA) is 55.4 Å². The number of hydrogen-bond donors (Lipinski definition) is 0. The lowest BCUT2D eigenvalue weighted by atomic mass is 10.1. The molecule has 4 heteroatoms. The van der Waals surface area contributed by atoms with Gasteiger partial charge in [0.15, 0.2) is 5.60 Å². The Labute approximate surface area is 72.4 Å². The first-order valence-electron chi connectivity index (χ1n) is 4.02. The van der Waals surface area contributed by atoms with Crippen molar-refractivity contribution < 1.29 is 19.7 Å². The van der Waals surface area contributed by atoms with E-state index in [0.29, 0.717) is 6.61 Å². The number of carbonyl (C=O) groups is 1. The van der Waals surface area contributed by atoms with Crippen LogP contribution in [0.5, 0.6) is 0 Å². The zero-order valence-corrected chi connectivity index (χ0v) is 7.75. The van der Waals surface area contributed by atoms with Crippen LogP contribution in [-0.4, -0.2) is 18.2 Å². The van der Waals surface area contributed by atoms with E-state index >= 15 is 0 Å². The van der Waals surface area contributed by atoms with Crippen LogP contribution < -0.4 is 0 Å². The molecule has 0 amide bonds. The van der Waals surface area contributed by atoms with Crippen LogP contribution in [0.25, 0.3) is 0 Å². The van der Waals surface area contributed by atoms with E-state index in [4.69, 9.17) is 0 Å². The summed E-state index contributed by atoms with van der Waals surface area (Å²) in [7, 11) is 0. The van der Waals surface area contributed by atoms with Gasteiger partial charge in [-0.3, -0.25) is 4.89 Å². The summed E-state index contributed by atoms with van der Waals surface area (Å²) >= 11 is 0. The van der Waals surface area contributed by atoms with Crippen molar-refractivity contribution in [3.8, 4) is 0 Å². The summed E-state index contributed by atoms with van der Waals surface area (Å²) in [5.41, 5.74) is -1.73. The number of hydrogen-bond acceptors (Lipinski definition) is 3. The third kappa shape index (κ3) is 5.09. The van der Waals surface area contributed by atoms with Gasteiger partial charge in [0.2, 0.25) is 0 Å². The molecule has 0 bridgehead atoms. The zero-order valence-electron chi connectivity index (χ0n) is 7.75. The molecule has 1 radical (unpaired) electrons. The maximum atomic E-state index is 10.9. The molecule has 0 atom stereocenters. The van der Waals surface area contributed by atoms with Crippen LogP contribution in [0.1, 0.15) is 33.6 Å². The first-order chi connectivity index (χ1) is 5.48. The second-order valence-corrected chi connectivity index (χ2v) is 3.06. The van der Waals surface area contributed by atoms with Crippen molar-refractivity contribution in [3.05, 3.63) is 0 Å². The van der Waals surface area contributed by atoms with Gasteiger partial charge in [-0.2, -0.15) is 4.89 Å². The summed E-state index contributed by atoms with van der Waals surface area (Å²) in [5.74, 6) is -0.876. The van der Waals surface area contributed by atoms with Gasteiger partial charge in [0.05, 0.1) is 6.61 Å². The Morgan fingerprint density at radius 3 is 2.42 bits per heavy atom. The van der Waals surface area contributed by atoms with Gasteiger partial charge in [0.25, 0.3) is 0 Å². The van der Waals surface area contributed by atoms with Gasteiger partial charge < -0.3 is 0 Å². The van der Waals surface area contributed by atoms with Crippen LogP contribution in [-0.2, 0) is 19.7 Å². The van der Waals surface area contributed by atoms with E-state index in [2.05, 4.69) is 9.78 Å². The maximum Gasteiger partial charge on any atom is 0.376 e. The maximum absolute atomic E-state index is 10.9. The summed E-state index contributed by atoms with van der Waals surface area (Å²) in [6.07, 6.45) is 1.77. The summed E-state index contributed by atoms with van der Waals surface area (Å²) in [6, 6.07) is 0. The van der Waals surface area contributed by atoms with Gasteiger partial charge in [-0.05, 0) is 20.3 Å². The zero-order chi connectivity index (χ0) is 9.61. The molecular formula is C8H15O4. The molecule has 0 aliphatic heterocycles. The molecule has 0 aromatic rings. The summed E-state index contributed by atoms with van der Waals surface area (Å²) < 4.78 is 0. The SMILES string of the molecule is CCCCOOC(=O)C(C)(C)[O]. The van der Waals surface area contributed by atoms with Crippen molar-refractivity contribution in [1.29, 1.82) is 0 Å². The third-order valence-corrected chi connectivity index (χ3v) is 1.21. The number of rotatable bonds is 5. The van der Waals surface area contributed by atoms with Gasteiger partial charge >= 0.3 is 5.97 Å². The second kappa shape index (κ2) is 5.11. The average Bonchev–Trinajstić information content (AvgIpc) is 1.96. The Hall–Kier alpha value is -0.610. The van der Waals surface area contributed by atoms with Crippen molar-refractivity contribution in [3.63, 3.8) is 0 Å². The molecule has 0 spiro atoms. The van der Waals surface area contributed by atoms with Crippen LogP contribution in [0.2, 0.25) is 0 Å². The van der Waals surface area contributed by atoms with Crippen molar-refractivity contribution >= 4 is 5.97 Å². The van der Waals surface area contributed by atoms with Crippen molar-refractivity contribution in [2.75, 3.05) is 6.61 Å². The van der Waals surface area contributed by atoms with E-state index < -0.39 is 11.6 Å². The molecule has 12 heavy (non-hydrogen) atoms. The van der Waals surface area contributed by atoms with Gasteiger partial charge in [-0.15, -0.1) is 0 Å². The molecule has 0 saturated carbocycles. The fourth-order valence-corrected chi connectivity index (χ4v) is 0.399. The van der Waals surface area contributed by atoms with E-state index in [9.17, 15) is 9.90 Å². The minimum atomic E-state index is -1.73. The number of carbonyl (C=O) groups excluding carboxylic acids is 1. The fraction of sp³-hybridized carbons (Fsp3) is 0.875. The molecule has 0 heterocycles. The summed E-state index contributed by atoms with van der Waals surface area (Å²) in [5, 5.41) is 10.9. The van der Waals surface area contributed by atoms with Gasteiger partial charge in [-0.25, -0.2) is 9.90 Å². The highest BCUT2D eigenvalue weighted by Crippen LogP contribution is 2.05. The molecule has 4 nitrogen and oxygen atoms in total. The minimum absolute atomic E-state index is 0.346. The molecule has 0 saturated heterocycles. The predicted octanol–water partition coefficient (Wildman–Crippen LogP) is 1.47. The molecule has 0 fully saturated rings. The molecule has 0 unspecified atom stereocenters. The van der Waals surface area contributed by atoms with E-state index in [0.717, 1.165) is 12.8 Å². The van der Waals surface area contributed by atoms with Gasteiger partial charge in [0, 0.05) is 0 Å². The lowest BCUT2D eigenvalue weighted by molar-refractivity contribution is -0.286. The monoisotopic (exact) mass is 175 g/mol. The Kier molecular flexibility index (Phi) is 4.85. The standard InChI is InChI=1S/C8H15O4/c1-4-5-6-11-12-7(9)8(2,3)10/h4-6H2,1-3H3. The van der Waals surface area contributed by atoms with Gasteiger partial charge in [-0.1, -0.05) is 13.3 Å². The largest absolute Gasteiger partial charge is 0.376 e. The minimum Gasteiger partial charge on any atom is -0.295 e. The quantitative estimate of drug-likeness (QED) is 0.361. The molecule has 0 aliphatic rings. The van der Waals surface area contributed by atoms with Crippen LogP contribution in [0, 0.1) is 0 Å². The average molecular weight is 175 g/mol. The van der Waals surface area contributed by atoms with Crippen LogP contribution in [0.4, 0.5) is 0 Å².